The second-order valence-corrected chi connectivity index (χ2v) is 5.07. The fourth-order valence-corrected chi connectivity index (χ4v) is 1.82. The zero-order valence-corrected chi connectivity index (χ0v) is 11.6. The van der Waals surface area contributed by atoms with Crippen molar-refractivity contribution in [3.8, 4) is 0 Å². The molecule has 0 aliphatic rings. The average molecular weight is 264 g/mol. The third kappa shape index (κ3) is 3.57. The van der Waals surface area contributed by atoms with E-state index in [0.717, 1.165) is 18.0 Å². The molecule has 0 spiro atoms. The number of imidazole rings is 1. The largest absolute Gasteiger partial charge is 0.360 e. The molecule has 0 bridgehead atoms. The summed E-state index contributed by atoms with van der Waals surface area (Å²) in [6, 6.07) is 1.99. The molecule has 0 fully saturated rings. The number of aromatic amines is 1. The molecular formula is C13H20N4O2. The Morgan fingerprint density at radius 3 is 2.89 bits per heavy atom. The SMILES string of the molecule is CC(C)c1cc(CN(C)CCn2cc[nH]c2=O)on1. The van der Waals surface area contributed by atoms with Gasteiger partial charge in [-0.05, 0) is 13.0 Å². The molecule has 2 heterocycles. The van der Waals surface area contributed by atoms with Gasteiger partial charge in [0.2, 0.25) is 0 Å². The third-order valence-corrected chi connectivity index (χ3v) is 3.04. The molecule has 0 saturated carbocycles. The zero-order valence-electron chi connectivity index (χ0n) is 11.6. The van der Waals surface area contributed by atoms with Gasteiger partial charge in [0.15, 0.2) is 5.76 Å². The van der Waals surface area contributed by atoms with Gasteiger partial charge in [-0.15, -0.1) is 0 Å². The lowest BCUT2D eigenvalue weighted by atomic mass is 10.1. The highest BCUT2D eigenvalue weighted by molar-refractivity contribution is 5.08. The van der Waals surface area contributed by atoms with Crippen molar-refractivity contribution in [1.29, 1.82) is 0 Å². The van der Waals surface area contributed by atoms with E-state index in [-0.39, 0.29) is 5.69 Å². The molecule has 0 aliphatic carbocycles. The van der Waals surface area contributed by atoms with E-state index in [4.69, 9.17) is 4.52 Å². The van der Waals surface area contributed by atoms with Crippen LogP contribution in [0.25, 0.3) is 0 Å². The van der Waals surface area contributed by atoms with E-state index in [0.29, 0.717) is 19.0 Å². The summed E-state index contributed by atoms with van der Waals surface area (Å²) in [7, 11) is 2.00. The summed E-state index contributed by atoms with van der Waals surface area (Å²) in [4.78, 5) is 16.0. The van der Waals surface area contributed by atoms with E-state index in [9.17, 15) is 4.79 Å². The van der Waals surface area contributed by atoms with Crippen molar-refractivity contribution in [2.75, 3.05) is 13.6 Å². The van der Waals surface area contributed by atoms with Gasteiger partial charge >= 0.3 is 5.69 Å². The maximum atomic E-state index is 11.3. The number of aromatic nitrogens is 3. The van der Waals surface area contributed by atoms with Crippen LogP contribution in [0.5, 0.6) is 0 Å². The van der Waals surface area contributed by atoms with Gasteiger partial charge in [-0.2, -0.15) is 0 Å². The Morgan fingerprint density at radius 1 is 1.53 bits per heavy atom. The molecule has 0 aliphatic heterocycles. The predicted octanol–water partition coefficient (Wildman–Crippen LogP) is 1.42. The minimum Gasteiger partial charge on any atom is -0.360 e. The molecule has 0 unspecified atom stereocenters. The predicted molar refractivity (Wildman–Crippen MR) is 72.0 cm³/mol. The van der Waals surface area contributed by atoms with Crippen LogP contribution in [0.15, 0.2) is 27.8 Å². The van der Waals surface area contributed by atoms with E-state index < -0.39 is 0 Å². The van der Waals surface area contributed by atoms with Gasteiger partial charge in [-0.1, -0.05) is 19.0 Å². The molecule has 19 heavy (non-hydrogen) atoms. The first kappa shape index (κ1) is 13.6. The van der Waals surface area contributed by atoms with Crippen molar-refractivity contribution in [2.45, 2.75) is 32.9 Å². The van der Waals surface area contributed by atoms with Gasteiger partial charge in [-0.25, -0.2) is 4.79 Å². The minimum absolute atomic E-state index is 0.0739. The summed E-state index contributed by atoms with van der Waals surface area (Å²) >= 11 is 0. The number of rotatable bonds is 6. The van der Waals surface area contributed by atoms with Gasteiger partial charge in [-0.3, -0.25) is 9.47 Å². The molecule has 0 amide bonds. The minimum atomic E-state index is -0.0739. The molecule has 0 atom stereocenters. The van der Waals surface area contributed by atoms with Crippen LogP contribution in [0.1, 0.15) is 31.2 Å². The lowest BCUT2D eigenvalue weighted by Crippen LogP contribution is -2.26. The van der Waals surface area contributed by atoms with Crippen LogP contribution < -0.4 is 5.69 Å². The maximum Gasteiger partial charge on any atom is 0.325 e. The normalized spacial score (nSPS) is 11.6. The summed E-state index contributed by atoms with van der Waals surface area (Å²) < 4.78 is 6.94. The first-order valence-corrected chi connectivity index (χ1v) is 6.44. The van der Waals surface area contributed by atoms with Gasteiger partial charge < -0.3 is 9.51 Å². The maximum absolute atomic E-state index is 11.3. The first-order valence-electron chi connectivity index (χ1n) is 6.44. The third-order valence-electron chi connectivity index (χ3n) is 3.04. The van der Waals surface area contributed by atoms with Crippen molar-refractivity contribution < 1.29 is 4.52 Å². The Morgan fingerprint density at radius 2 is 2.32 bits per heavy atom. The van der Waals surface area contributed by atoms with Crippen LogP contribution in [-0.4, -0.2) is 33.2 Å². The lowest BCUT2D eigenvalue weighted by Gasteiger charge is -2.14. The molecule has 2 rings (SSSR count). The van der Waals surface area contributed by atoms with E-state index in [1.165, 1.54) is 0 Å². The summed E-state index contributed by atoms with van der Waals surface area (Å²) in [6.07, 6.45) is 3.40. The number of nitrogens with zero attached hydrogens (tertiary/aromatic N) is 3. The van der Waals surface area contributed by atoms with Crippen LogP contribution in [0.3, 0.4) is 0 Å². The second kappa shape index (κ2) is 5.88. The Labute approximate surface area is 112 Å². The molecule has 0 radical (unpaired) electrons. The van der Waals surface area contributed by atoms with Crippen molar-refractivity contribution in [2.24, 2.45) is 0 Å². The number of likely N-dealkylation sites (N-methyl/N-ethyl adjacent to an activating group) is 1. The first-order chi connectivity index (χ1) is 9.06. The quantitative estimate of drug-likeness (QED) is 0.857. The van der Waals surface area contributed by atoms with Gasteiger partial charge in [0.1, 0.15) is 0 Å². The Hall–Kier alpha value is -1.82. The monoisotopic (exact) mass is 264 g/mol. The van der Waals surface area contributed by atoms with Crippen molar-refractivity contribution in [3.63, 3.8) is 0 Å². The van der Waals surface area contributed by atoms with E-state index in [2.05, 4.69) is 28.9 Å². The number of hydrogen-bond acceptors (Lipinski definition) is 4. The molecule has 6 nitrogen and oxygen atoms in total. The number of nitrogens with one attached hydrogen (secondary N) is 1. The van der Waals surface area contributed by atoms with Gasteiger partial charge in [0, 0.05) is 31.5 Å². The Kier molecular flexibility index (Phi) is 4.21. The van der Waals surface area contributed by atoms with E-state index in [1.807, 2.05) is 13.1 Å². The zero-order chi connectivity index (χ0) is 13.8. The molecule has 104 valence electrons. The van der Waals surface area contributed by atoms with Crippen molar-refractivity contribution >= 4 is 0 Å². The Balaban J connectivity index is 1.85. The van der Waals surface area contributed by atoms with E-state index >= 15 is 0 Å². The molecular weight excluding hydrogens is 244 g/mol. The number of hydrogen-bond donors (Lipinski definition) is 1. The smallest absolute Gasteiger partial charge is 0.325 e. The molecule has 0 saturated heterocycles. The molecule has 0 aromatic carbocycles. The van der Waals surface area contributed by atoms with Crippen LogP contribution in [0, 0.1) is 0 Å². The lowest BCUT2D eigenvalue weighted by molar-refractivity contribution is 0.262. The van der Waals surface area contributed by atoms with Crippen LogP contribution in [0.2, 0.25) is 0 Å². The topological polar surface area (TPSA) is 67.1 Å². The summed E-state index contributed by atoms with van der Waals surface area (Å²) in [5.74, 6) is 1.23. The second-order valence-electron chi connectivity index (χ2n) is 5.07. The highest BCUT2D eigenvalue weighted by atomic mass is 16.5. The Bertz CT molecular complexity index is 567. The highest BCUT2D eigenvalue weighted by Crippen LogP contribution is 2.14. The van der Waals surface area contributed by atoms with Crippen LogP contribution in [-0.2, 0) is 13.1 Å². The molecule has 2 aromatic rings. The van der Waals surface area contributed by atoms with Crippen LogP contribution in [0.4, 0.5) is 0 Å². The summed E-state index contributed by atoms with van der Waals surface area (Å²) in [6.45, 7) is 6.30. The fourth-order valence-electron chi connectivity index (χ4n) is 1.82. The van der Waals surface area contributed by atoms with Crippen LogP contribution >= 0.6 is 0 Å². The number of H-pyrrole nitrogens is 1. The molecule has 1 N–H and O–H groups in total. The highest BCUT2D eigenvalue weighted by Gasteiger charge is 2.09. The fraction of sp³-hybridized carbons (Fsp3) is 0.538. The van der Waals surface area contributed by atoms with E-state index in [1.54, 1.807) is 17.0 Å². The summed E-state index contributed by atoms with van der Waals surface area (Å²) in [5, 5.41) is 4.03. The molecule has 6 heteroatoms. The van der Waals surface area contributed by atoms with Gasteiger partial charge in [0.05, 0.1) is 12.2 Å². The standard InChI is InChI=1S/C13H20N4O2/c1-10(2)12-8-11(19-15-12)9-16(3)6-7-17-5-4-14-13(17)18/h4-5,8,10H,6-7,9H2,1-3H3,(H,14,18). The van der Waals surface area contributed by atoms with Crippen molar-refractivity contribution in [1.82, 2.24) is 19.6 Å². The molecule has 2 aromatic heterocycles. The average Bonchev–Trinajstić information content (AvgIpc) is 2.96. The summed E-state index contributed by atoms with van der Waals surface area (Å²) in [5.41, 5.74) is 0.903. The van der Waals surface area contributed by atoms with Crippen molar-refractivity contribution in [3.05, 3.63) is 40.4 Å². The van der Waals surface area contributed by atoms with Gasteiger partial charge in [0.25, 0.3) is 0 Å².